The van der Waals surface area contributed by atoms with Gasteiger partial charge in [0.25, 0.3) is 11.8 Å². The van der Waals surface area contributed by atoms with E-state index in [4.69, 9.17) is 13.9 Å². The number of aromatic nitrogens is 1. The maximum atomic E-state index is 12.4. The maximum absolute atomic E-state index is 12.4. The smallest absolute Gasteiger partial charge is 0.274 e. The molecule has 0 fully saturated rings. The van der Waals surface area contributed by atoms with Crippen LogP contribution >= 0.6 is 0 Å². The number of carbonyl (C=O) groups is 2. The van der Waals surface area contributed by atoms with Crippen LogP contribution in [-0.4, -0.2) is 23.6 Å². The molecule has 2 aromatic heterocycles. The lowest BCUT2D eigenvalue weighted by atomic mass is 10.2. The minimum absolute atomic E-state index is 0.123. The molecule has 2 N–H and O–H groups in total. The van der Waals surface area contributed by atoms with E-state index in [1.807, 2.05) is 0 Å². The summed E-state index contributed by atoms with van der Waals surface area (Å²) in [5, 5.41) is 5.41. The number of benzene rings is 1. The number of anilines is 1. The summed E-state index contributed by atoms with van der Waals surface area (Å²) in [6, 6.07) is 13.2. The van der Waals surface area contributed by atoms with Crippen LogP contribution in [0.15, 0.2) is 59.2 Å². The van der Waals surface area contributed by atoms with Gasteiger partial charge in [-0.1, -0.05) is 6.07 Å². The molecule has 1 aliphatic rings. The minimum Gasteiger partial charge on any atom is -0.467 e. The average molecular weight is 365 g/mol. The molecule has 8 nitrogen and oxygen atoms in total. The first kappa shape index (κ1) is 16.6. The van der Waals surface area contributed by atoms with Crippen LogP contribution in [0.1, 0.15) is 26.7 Å². The summed E-state index contributed by atoms with van der Waals surface area (Å²) < 4.78 is 15.7. The summed E-state index contributed by atoms with van der Waals surface area (Å²) in [6.45, 7) is 0.393. The Morgan fingerprint density at radius 2 is 1.78 bits per heavy atom. The van der Waals surface area contributed by atoms with Crippen molar-refractivity contribution in [3.8, 4) is 11.5 Å². The van der Waals surface area contributed by atoms with E-state index in [1.54, 1.807) is 36.4 Å². The highest BCUT2D eigenvalue weighted by atomic mass is 16.7. The zero-order chi connectivity index (χ0) is 18.6. The third-order valence-electron chi connectivity index (χ3n) is 3.85. The molecular weight excluding hydrogens is 350 g/mol. The van der Waals surface area contributed by atoms with E-state index in [9.17, 15) is 9.59 Å². The number of hydrogen-bond acceptors (Lipinski definition) is 6. The van der Waals surface area contributed by atoms with E-state index in [2.05, 4.69) is 15.6 Å². The summed E-state index contributed by atoms with van der Waals surface area (Å²) in [4.78, 5) is 28.8. The molecule has 0 saturated heterocycles. The van der Waals surface area contributed by atoms with Gasteiger partial charge < -0.3 is 24.5 Å². The molecule has 0 saturated carbocycles. The Labute approximate surface area is 154 Å². The Balaban J connectivity index is 1.43. The lowest BCUT2D eigenvalue weighted by molar-refractivity contribution is 0.0943. The van der Waals surface area contributed by atoms with Crippen molar-refractivity contribution >= 4 is 17.5 Å². The number of nitrogens with one attached hydrogen (secondary N) is 2. The average Bonchev–Trinajstić information content (AvgIpc) is 3.37. The summed E-state index contributed by atoms with van der Waals surface area (Å²) in [7, 11) is 0. The molecule has 1 aliphatic heterocycles. The fourth-order valence-electron chi connectivity index (χ4n) is 2.53. The predicted molar refractivity (Wildman–Crippen MR) is 94.6 cm³/mol. The molecule has 0 atom stereocenters. The molecule has 0 spiro atoms. The van der Waals surface area contributed by atoms with Gasteiger partial charge in [0.15, 0.2) is 11.5 Å². The Hall–Kier alpha value is -3.81. The lowest BCUT2D eigenvalue weighted by Gasteiger charge is -2.07. The van der Waals surface area contributed by atoms with Crippen molar-refractivity contribution in [3.63, 3.8) is 0 Å². The van der Waals surface area contributed by atoms with Crippen LogP contribution < -0.4 is 20.1 Å². The second kappa shape index (κ2) is 7.20. The van der Waals surface area contributed by atoms with E-state index >= 15 is 0 Å². The third kappa shape index (κ3) is 3.74. The number of fused-ring (bicyclic) bond motifs is 1. The zero-order valence-electron chi connectivity index (χ0n) is 14.1. The van der Waals surface area contributed by atoms with Crippen LogP contribution in [0.5, 0.6) is 11.5 Å². The van der Waals surface area contributed by atoms with Crippen LogP contribution in [0.25, 0.3) is 0 Å². The molecule has 4 rings (SSSR count). The van der Waals surface area contributed by atoms with Gasteiger partial charge in [-0.25, -0.2) is 4.98 Å². The van der Waals surface area contributed by atoms with Crippen LogP contribution in [0, 0.1) is 0 Å². The lowest BCUT2D eigenvalue weighted by Crippen LogP contribution is -2.24. The summed E-state index contributed by atoms with van der Waals surface area (Å²) >= 11 is 0. The topological polar surface area (TPSA) is 103 Å². The molecule has 8 heteroatoms. The Kier molecular flexibility index (Phi) is 4.44. The Morgan fingerprint density at radius 3 is 2.59 bits per heavy atom. The molecule has 0 radical (unpaired) electrons. The van der Waals surface area contributed by atoms with Crippen molar-refractivity contribution in [1.29, 1.82) is 0 Å². The van der Waals surface area contributed by atoms with Gasteiger partial charge in [0.1, 0.15) is 17.1 Å². The standard InChI is InChI=1S/C19H15N3O5/c23-18(20-10-13-3-2-8-25-13)14-4-1-5-15(22-14)19(24)21-12-6-7-16-17(9-12)27-11-26-16/h1-9H,10-11H2,(H,20,23)(H,21,24). The Morgan fingerprint density at radius 1 is 0.963 bits per heavy atom. The van der Waals surface area contributed by atoms with Gasteiger partial charge in [0.05, 0.1) is 12.8 Å². The number of nitrogens with zero attached hydrogens (tertiary/aromatic N) is 1. The normalized spacial score (nSPS) is 11.9. The second-order valence-electron chi connectivity index (χ2n) is 5.69. The molecule has 3 heterocycles. The van der Waals surface area contributed by atoms with Crippen molar-refractivity contribution in [2.75, 3.05) is 12.1 Å². The molecule has 0 aliphatic carbocycles. The molecular formula is C19H15N3O5. The SMILES string of the molecule is O=C(NCc1ccco1)c1cccc(C(=O)Nc2ccc3c(c2)OCO3)n1. The molecule has 2 amide bonds. The molecule has 1 aromatic carbocycles. The number of amides is 2. The van der Waals surface area contributed by atoms with E-state index < -0.39 is 11.8 Å². The van der Waals surface area contributed by atoms with Gasteiger partial charge in [-0.05, 0) is 36.4 Å². The highest BCUT2D eigenvalue weighted by Crippen LogP contribution is 2.34. The fourth-order valence-corrected chi connectivity index (χ4v) is 2.53. The number of rotatable bonds is 5. The van der Waals surface area contributed by atoms with Gasteiger partial charge in [-0.15, -0.1) is 0 Å². The maximum Gasteiger partial charge on any atom is 0.274 e. The van der Waals surface area contributed by atoms with Crippen LogP contribution in [0.3, 0.4) is 0 Å². The van der Waals surface area contributed by atoms with Crippen LogP contribution in [0.4, 0.5) is 5.69 Å². The highest BCUT2D eigenvalue weighted by molar-refractivity contribution is 6.04. The van der Waals surface area contributed by atoms with Gasteiger partial charge >= 0.3 is 0 Å². The van der Waals surface area contributed by atoms with Crippen molar-refractivity contribution in [2.24, 2.45) is 0 Å². The highest BCUT2D eigenvalue weighted by Gasteiger charge is 2.16. The summed E-state index contributed by atoms with van der Waals surface area (Å²) in [6.07, 6.45) is 1.53. The van der Waals surface area contributed by atoms with E-state index in [0.29, 0.717) is 22.9 Å². The van der Waals surface area contributed by atoms with Gasteiger partial charge in [0, 0.05) is 11.8 Å². The van der Waals surface area contributed by atoms with Crippen LogP contribution in [0.2, 0.25) is 0 Å². The van der Waals surface area contributed by atoms with Gasteiger partial charge in [-0.2, -0.15) is 0 Å². The number of pyridine rings is 1. The van der Waals surface area contributed by atoms with Gasteiger partial charge in [0.2, 0.25) is 6.79 Å². The monoisotopic (exact) mass is 365 g/mol. The van der Waals surface area contributed by atoms with Crippen molar-refractivity contribution < 1.29 is 23.5 Å². The van der Waals surface area contributed by atoms with Crippen molar-refractivity contribution in [2.45, 2.75) is 6.54 Å². The largest absolute Gasteiger partial charge is 0.467 e. The molecule has 3 aromatic rings. The number of carbonyl (C=O) groups excluding carboxylic acids is 2. The Bertz CT molecular complexity index is 985. The first-order valence-electron chi connectivity index (χ1n) is 8.18. The van der Waals surface area contributed by atoms with E-state index in [1.165, 1.54) is 18.4 Å². The predicted octanol–water partition coefficient (Wildman–Crippen LogP) is 2.59. The summed E-state index contributed by atoms with van der Waals surface area (Å²) in [5.74, 6) is 0.979. The molecule has 27 heavy (non-hydrogen) atoms. The van der Waals surface area contributed by atoms with Crippen LogP contribution in [-0.2, 0) is 6.54 Å². The number of hydrogen-bond donors (Lipinski definition) is 2. The number of ether oxygens (including phenoxy) is 2. The molecule has 136 valence electrons. The first-order valence-corrected chi connectivity index (χ1v) is 8.18. The quantitative estimate of drug-likeness (QED) is 0.720. The molecule has 0 bridgehead atoms. The molecule has 0 unspecified atom stereocenters. The number of furan rings is 1. The van der Waals surface area contributed by atoms with Crippen molar-refractivity contribution in [1.82, 2.24) is 10.3 Å². The van der Waals surface area contributed by atoms with E-state index in [-0.39, 0.29) is 24.7 Å². The van der Waals surface area contributed by atoms with Gasteiger partial charge in [-0.3, -0.25) is 9.59 Å². The minimum atomic E-state index is -0.436. The fraction of sp³-hybridized carbons (Fsp3) is 0.105. The van der Waals surface area contributed by atoms with Crippen molar-refractivity contribution in [3.05, 3.63) is 71.9 Å². The summed E-state index contributed by atoms with van der Waals surface area (Å²) in [5.41, 5.74) is 0.803. The first-order chi connectivity index (χ1) is 13.2. The third-order valence-corrected chi connectivity index (χ3v) is 3.85. The zero-order valence-corrected chi connectivity index (χ0v) is 14.1. The van der Waals surface area contributed by atoms with E-state index in [0.717, 1.165) is 0 Å². The second-order valence-corrected chi connectivity index (χ2v) is 5.69.